The zero-order chi connectivity index (χ0) is 18.9. The van der Waals surface area contributed by atoms with Crippen LogP contribution in [-0.4, -0.2) is 22.7 Å². The minimum atomic E-state index is -1.05. The van der Waals surface area contributed by atoms with E-state index >= 15 is 0 Å². The number of aromatic nitrogens is 1. The number of carboxylic acids is 1. The van der Waals surface area contributed by atoms with E-state index in [2.05, 4.69) is 11.1 Å². The second-order valence-electron chi connectivity index (χ2n) is 6.66. The van der Waals surface area contributed by atoms with E-state index in [1.54, 1.807) is 6.92 Å². The van der Waals surface area contributed by atoms with Crippen molar-refractivity contribution in [3.63, 3.8) is 0 Å². The summed E-state index contributed by atoms with van der Waals surface area (Å²) in [6.45, 7) is 3.94. The van der Waals surface area contributed by atoms with Crippen LogP contribution in [0.1, 0.15) is 48.6 Å². The minimum Gasteiger partial charge on any atom is -0.481 e. The van der Waals surface area contributed by atoms with Gasteiger partial charge in [-0.3, -0.25) is 4.79 Å². The minimum absolute atomic E-state index is 0.215. The van der Waals surface area contributed by atoms with Crippen LogP contribution < -0.4 is 0 Å². The first kappa shape index (κ1) is 18.2. The molecule has 2 heterocycles. The predicted octanol–water partition coefficient (Wildman–Crippen LogP) is 4.09. The second kappa shape index (κ2) is 6.93. The number of hydrogen-bond acceptors (Lipinski definition) is 3. The highest BCUT2D eigenvalue weighted by Gasteiger charge is 2.42. The van der Waals surface area contributed by atoms with Crippen molar-refractivity contribution >= 4 is 16.9 Å². The number of ether oxygens (including phenoxy) is 1. The van der Waals surface area contributed by atoms with E-state index in [0.29, 0.717) is 48.1 Å². The topological polar surface area (TPSA) is 86.1 Å². The van der Waals surface area contributed by atoms with Crippen LogP contribution in [0.4, 0.5) is 4.39 Å². The smallest absolute Gasteiger partial charge is 0.306 e. The molecule has 0 saturated heterocycles. The Labute approximate surface area is 151 Å². The van der Waals surface area contributed by atoms with E-state index in [1.807, 2.05) is 19.1 Å². The molecule has 3 rings (SSSR count). The van der Waals surface area contributed by atoms with Crippen LogP contribution in [-0.2, 0) is 21.6 Å². The molecule has 1 aliphatic heterocycles. The second-order valence-corrected chi connectivity index (χ2v) is 6.66. The first-order valence-corrected chi connectivity index (χ1v) is 8.64. The first-order chi connectivity index (χ1) is 12.4. The Morgan fingerprint density at radius 1 is 1.58 bits per heavy atom. The van der Waals surface area contributed by atoms with Gasteiger partial charge in [0.2, 0.25) is 0 Å². The van der Waals surface area contributed by atoms with Gasteiger partial charge in [0, 0.05) is 5.39 Å². The third-order valence-corrected chi connectivity index (χ3v) is 5.02. The Morgan fingerprint density at radius 2 is 2.35 bits per heavy atom. The molecule has 6 heteroatoms. The van der Waals surface area contributed by atoms with Gasteiger partial charge in [0.25, 0.3) is 0 Å². The summed E-state index contributed by atoms with van der Waals surface area (Å²) in [6.07, 6.45) is 5.26. The normalized spacial score (nSPS) is 19.6. The number of hydrogen-bond donors (Lipinski definition) is 2. The van der Waals surface area contributed by atoms with Crippen LogP contribution in [0, 0.1) is 24.1 Å². The molecule has 1 atom stereocenters. The van der Waals surface area contributed by atoms with Gasteiger partial charge in [0.15, 0.2) is 0 Å². The number of halogens is 1. The van der Waals surface area contributed by atoms with Crippen LogP contribution in [0.3, 0.4) is 0 Å². The highest BCUT2D eigenvalue weighted by atomic mass is 19.1. The molecule has 1 aromatic heterocycles. The van der Waals surface area contributed by atoms with Gasteiger partial charge in [0.1, 0.15) is 17.5 Å². The van der Waals surface area contributed by atoms with Crippen LogP contribution >= 0.6 is 0 Å². The van der Waals surface area contributed by atoms with E-state index in [1.165, 1.54) is 6.07 Å². The average molecular weight is 356 g/mol. The lowest BCUT2D eigenvalue weighted by Gasteiger charge is -2.36. The number of nitrogens with zero attached hydrogens (tertiary/aromatic N) is 1. The Kier molecular flexibility index (Phi) is 4.84. The monoisotopic (exact) mass is 356 g/mol. The number of nitriles is 1. The fourth-order valence-corrected chi connectivity index (χ4v) is 3.88. The summed E-state index contributed by atoms with van der Waals surface area (Å²) >= 11 is 0. The van der Waals surface area contributed by atoms with Crippen molar-refractivity contribution in [2.45, 2.75) is 45.1 Å². The molecule has 0 aliphatic carbocycles. The summed E-state index contributed by atoms with van der Waals surface area (Å²) in [5.74, 6) is -1.42. The standard InChI is InChI=1S/C20H21FN2O3/c1-3-4-5-7-20(10-16(24)25)19-13(6-8-26-20)17-14(11-22)12(2)9-15(21)18(17)23-19/h3-4,9,23H,5-8,10H2,1-2H3,(H,24,25)/b4-3+. The maximum atomic E-state index is 14.6. The number of carbonyl (C=O) groups is 1. The van der Waals surface area contributed by atoms with Gasteiger partial charge in [-0.15, -0.1) is 0 Å². The quantitative estimate of drug-likeness (QED) is 0.790. The summed E-state index contributed by atoms with van der Waals surface area (Å²) in [7, 11) is 0. The van der Waals surface area contributed by atoms with Crippen LogP contribution in [0.2, 0.25) is 0 Å². The zero-order valence-corrected chi connectivity index (χ0v) is 14.9. The molecule has 0 fully saturated rings. The molecule has 0 saturated carbocycles. The summed E-state index contributed by atoms with van der Waals surface area (Å²) < 4.78 is 20.5. The van der Waals surface area contributed by atoms with Crippen molar-refractivity contribution in [2.24, 2.45) is 0 Å². The number of carboxylic acid groups (broad SMARTS) is 1. The lowest BCUT2D eigenvalue weighted by molar-refractivity contribution is -0.149. The lowest BCUT2D eigenvalue weighted by atomic mass is 9.84. The number of nitrogens with one attached hydrogen (secondary N) is 1. The molecule has 2 N–H and O–H groups in total. The van der Waals surface area contributed by atoms with Gasteiger partial charge in [0.05, 0.1) is 29.8 Å². The molecular weight excluding hydrogens is 335 g/mol. The van der Waals surface area contributed by atoms with E-state index in [4.69, 9.17) is 4.74 Å². The lowest BCUT2D eigenvalue weighted by Crippen LogP contribution is -2.38. The summed E-state index contributed by atoms with van der Waals surface area (Å²) in [4.78, 5) is 14.6. The van der Waals surface area contributed by atoms with E-state index < -0.39 is 17.4 Å². The van der Waals surface area contributed by atoms with Crippen molar-refractivity contribution in [3.8, 4) is 6.07 Å². The molecular formula is C20H21FN2O3. The van der Waals surface area contributed by atoms with E-state index in [0.717, 1.165) is 5.56 Å². The molecule has 1 aromatic carbocycles. The maximum Gasteiger partial charge on any atom is 0.306 e. The van der Waals surface area contributed by atoms with Crippen molar-refractivity contribution in [2.75, 3.05) is 6.61 Å². The van der Waals surface area contributed by atoms with E-state index in [9.17, 15) is 19.6 Å². The summed E-state index contributed by atoms with van der Waals surface area (Å²) in [6, 6.07) is 3.50. The Balaban J connectivity index is 2.27. The molecule has 1 unspecified atom stereocenters. The zero-order valence-electron chi connectivity index (χ0n) is 14.9. The molecule has 26 heavy (non-hydrogen) atoms. The third kappa shape index (κ3) is 2.89. The van der Waals surface area contributed by atoms with Gasteiger partial charge in [-0.05, 0) is 50.3 Å². The highest BCUT2D eigenvalue weighted by molar-refractivity contribution is 5.92. The molecule has 0 bridgehead atoms. The Bertz CT molecular complexity index is 939. The van der Waals surface area contributed by atoms with Crippen molar-refractivity contribution in [1.29, 1.82) is 5.26 Å². The molecule has 0 radical (unpaired) electrons. The summed E-state index contributed by atoms with van der Waals surface area (Å²) in [5, 5.41) is 19.6. The number of aromatic amines is 1. The fraction of sp³-hybridized carbons (Fsp3) is 0.400. The fourth-order valence-electron chi connectivity index (χ4n) is 3.88. The SMILES string of the molecule is C/C=C/CCC1(CC(=O)O)OCCc2c1[nH]c1c(F)cc(C)c(C#N)c21. The van der Waals surface area contributed by atoms with Crippen LogP contribution in [0.5, 0.6) is 0 Å². The number of benzene rings is 1. The molecule has 0 amide bonds. The van der Waals surface area contributed by atoms with Gasteiger partial charge in [-0.25, -0.2) is 4.39 Å². The molecule has 136 valence electrons. The number of fused-ring (bicyclic) bond motifs is 3. The molecule has 0 spiro atoms. The average Bonchev–Trinajstić information content (AvgIpc) is 2.97. The van der Waals surface area contributed by atoms with Crippen LogP contribution in [0.25, 0.3) is 10.9 Å². The Morgan fingerprint density at radius 3 is 3.00 bits per heavy atom. The molecule has 1 aliphatic rings. The first-order valence-electron chi connectivity index (χ1n) is 8.64. The van der Waals surface area contributed by atoms with Crippen molar-refractivity contribution in [1.82, 2.24) is 4.98 Å². The number of H-pyrrole nitrogens is 1. The van der Waals surface area contributed by atoms with Crippen molar-refractivity contribution < 1.29 is 19.0 Å². The van der Waals surface area contributed by atoms with Crippen molar-refractivity contribution in [3.05, 3.63) is 46.4 Å². The predicted molar refractivity (Wildman–Crippen MR) is 95.3 cm³/mol. The largest absolute Gasteiger partial charge is 0.481 e. The Hall–Kier alpha value is -2.65. The van der Waals surface area contributed by atoms with Gasteiger partial charge >= 0.3 is 5.97 Å². The third-order valence-electron chi connectivity index (χ3n) is 5.02. The highest BCUT2D eigenvalue weighted by Crippen LogP contribution is 2.44. The number of aliphatic carboxylic acids is 1. The van der Waals surface area contributed by atoms with Crippen LogP contribution in [0.15, 0.2) is 18.2 Å². The van der Waals surface area contributed by atoms with Gasteiger partial charge in [-0.1, -0.05) is 12.2 Å². The van der Waals surface area contributed by atoms with Gasteiger partial charge < -0.3 is 14.8 Å². The molecule has 5 nitrogen and oxygen atoms in total. The summed E-state index contributed by atoms with van der Waals surface area (Å²) in [5.41, 5.74) is 1.59. The maximum absolute atomic E-state index is 14.6. The van der Waals surface area contributed by atoms with E-state index in [-0.39, 0.29) is 11.9 Å². The number of rotatable bonds is 5. The number of allylic oxidation sites excluding steroid dienone is 2. The molecule has 2 aromatic rings. The number of aryl methyl sites for hydroxylation is 1. The van der Waals surface area contributed by atoms with Gasteiger partial charge in [-0.2, -0.15) is 5.26 Å².